The van der Waals surface area contributed by atoms with Crippen molar-refractivity contribution in [3.05, 3.63) is 35.5 Å². The molecule has 0 unspecified atom stereocenters. The zero-order valence-electron chi connectivity index (χ0n) is 9.29. The standard InChI is InChI=1S/C11H11N3O2S/c1-17(15,16)14-10-7-6-8-4-2-3-5-9(8)11(10)12-13-14/h2-5H,6-7H2,1H3. The third kappa shape index (κ3) is 1.56. The molecule has 1 aliphatic rings. The Morgan fingerprint density at radius 3 is 2.76 bits per heavy atom. The molecule has 0 saturated heterocycles. The first kappa shape index (κ1) is 10.5. The molecule has 0 fully saturated rings. The van der Waals surface area contributed by atoms with Crippen molar-refractivity contribution in [2.45, 2.75) is 12.8 Å². The van der Waals surface area contributed by atoms with Gasteiger partial charge in [-0.2, -0.15) is 0 Å². The Morgan fingerprint density at radius 2 is 2.00 bits per heavy atom. The van der Waals surface area contributed by atoms with Gasteiger partial charge in [-0.25, -0.2) is 8.42 Å². The molecule has 1 heterocycles. The van der Waals surface area contributed by atoms with Crippen LogP contribution in [0.3, 0.4) is 0 Å². The van der Waals surface area contributed by atoms with Crippen LogP contribution in [0.1, 0.15) is 11.3 Å². The molecule has 0 amide bonds. The van der Waals surface area contributed by atoms with Crippen LogP contribution in [0, 0.1) is 0 Å². The van der Waals surface area contributed by atoms with E-state index in [0.717, 1.165) is 22.3 Å². The van der Waals surface area contributed by atoms with Crippen molar-refractivity contribution in [2.75, 3.05) is 6.26 Å². The van der Waals surface area contributed by atoms with Gasteiger partial charge in [-0.05, 0) is 18.4 Å². The summed E-state index contributed by atoms with van der Waals surface area (Å²) in [6.07, 6.45) is 2.63. The molecule has 3 rings (SSSR count). The molecule has 0 bridgehead atoms. The molecule has 1 aromatic carbocycles. The molecule has 1 aliphatic carbocycles. The van der Waals surface area contributed by atoms with Crippen molar-refractivity contribution in [1.82, 2.24) is 14.4 Å². The highest BCUT2D eigenvalue weighted by Gasteiger charge is 2.25. The minimum atomic E-state index is -3.36. The average molecular weight is 249 g/mol. The summed E-state index contributed by atoms with van der Waals surface area (Å²) in [6, 6.07) is 7.89. The van der Waals surface area contributed by atoms with Gasteiger partial charge in [0.1, 0.15) is 5.69 Å². The Morgan fingerprint density at radius 1 is 1.24 bits per heavy atom. The topological polar surface area (TPSA) is 64.8 Å². The average Bonchev–Trinajstić information content (AvgIpc) is 2.72. The maximum atomic E-state index is 11.5. The molecule has 5 nitrogen and oxygen atoms in total. The van der Waals surface area contributed by atoms with Crippen LogP contribution < -0.4 is 0 Å². The second kappa shape index (κ2) is 3.40. The first-order chi connectivity index (χ1) is 8.07. The van der Waals surface area contributed by atoms with Gasteiger partial charge in [0, 0.05) is 5.56 Å². The normalized spacial score (nSPS) is 14.2. The minimum absolute atomic E-state index is 0.659. The molecule has 6 heteroatoms. The van der Waals surface area contributed by atoms with E-state index in [2.05, 4.69) is 10.3 Å². The van der Waals surface area contributed by atoms with Gasteiger partial charge in [0.05, 0.1) is 11.9 Å². The van der Waals surface area contributed by atoms with E-state index in [0.29, 0.717) is 17.8 Å². The highest BCUT2D eigenvalue weighted by atomic mass is 32.2. The lowest BCUT2D eigenvalue weighted by Crippen LogP contribution is -2.17. The van der Waals surface area contributed by atoms with E-state index in [1.807, 2.05) is 24.3 Å². The Labute approximate surface area is 99.1 Å². The van der Waals surface area contributed by atoms with Gasteiger partial charge in [0.25, 0.3) is 10.0 Å². The number of nitrogens with zero attached hydrogens (tertiary/aromatic N) is 3. The number of hydrogen-bond acceptors (Lipinski definition) is 4. The molecule has 17 heavy (non-hydrogen) atoms. The minimum Gasteiger partial charge on any atom is -0.205 e. The van der Waals surface area contributed by atoms with Crippen molar-refractivity contribution in [3.63, 3.8) is 0 Å². The van der Waals surface area contributed by atoms with E-state index in [1.54, 1.807) is 0 Å². The van der Waals surface area contributed by atoms with Gasteiger partial charge in [0.2, 0.25) is 0 Å². The Kier molecular flexibility index (Phi) is 2.09. The van der Waals surface area contributed by atoms with Gasteiger partial charge in [-0.15, -0.1) is 9.19 Å². The highest BCUT2D eigenvalue weighted by Crippen LogP contribution is 2.31. The summed E-state index contributed by atoms with van der Waals surface area (Å²) in [7, 11) is -3.36. The summed E-state index contributed by atoms with van der Waals surface area (Å²) in [6.45, 7) is 0. The molecule has 0 radical (unpaired) electrons. The zero-order valence-corrected chi connectivity index (χ0v) is 10.1. The van der Waals surface area contributed by atoms with Gasteiger partial charge < -0.3 is 0 Å². The van der Waals surface area contributed by atoms with Crippen LogP contribution in [0.4, 0.5) is 0 Å². The molecule has 88 valence electrons. The number of benzene rings is 1. The lowest BCUT2D eigenvalue weighted by Gasteiger charge is -2.15. The predicted molar refractivity (Wildman–Crippen MR) is 63.1 cm³/mol. The van der Waals surface area contributed by atoms with Gasteiger partial charge in [-0.3, -0.25) is 0 Å². The third-order valence-corrected chi connectivity index (χ3v) is 3.87. The fourth-order valence-electron chi connectivity index (χ4n) is 2.20. The number of aromatic nitrogens is 3. The molecule has 2 aromatic rings. The molecule has 0 N–H and O–H groups in total. The molecule has 0 saturated carbocycles. The van der Waals surface area contributed by atoms with Crippen LogP contribution in [-0.2, 0) is 22.9 Å². The van der Waals surface area contributed by atoms with E-state index in [-0.39, 0.29) is 0 Å². The summed E-state index contributed by atoms with van der Waals surface area (Å²) < 4.78 is 24.1. The van der Waals surface area contributed by atoms with E-state index >= 15 is 0 Å². The quantitative estimate of drug-likeness (QED) is 0.751. The molecule has 0 spiro atoms. The number of hydrogen-bond donors (Lipinski definition) is 0. The maximum absolute atomic E-state index is 11.5. The number of rotatable bonds is 1. The van der Waals surface area contributed by atoms with Crippen LogP contribution in [0.5, 0.6) is 0 Å². The smallest absolute Gasteiger partial charge is 0.205 e. The van der Waals surface area contributed by atoms with Crippen molar-refractivity contribution in [2.24, 2.45) is 0 Å². The highest BCUT2D eigenvalue weighted by molar-refractivity contribution is 7.89. The second-order valence-corrected chi connectivity index (χ2v) is 5.96. The zero-order chi connectivity index (χ0) is 12.0. The largest absolute Gasteiger partial charge is 0.252 e. The van der Waals surface area contributed by atoms with E-state index in [4.69, 9.17) is 0 Å². The fraction of sp³-hybridized carbons (Fsp3) is 0.273. The van der Waals surface area contributed by atoms with E-state index in [1.165, 1.54) is 5.56 Å². The summed E-state index contributed by atoms with van der Waals surface area (Å²) in [4.78, 5) is 0. The predicted octanol–water partition coefficient (Wildman–Crippen LogP) is 0.851. The molecular formula is C11H11N3O2S. The molecular weight excluding hydrogens is 238 g/mol. The van der Waals surface area contributed by atoms with Crippen LogP contribution in [0.2, 0.25) is 0 Å². The summed E-state index contributed by atoms with van der Waals surface area (Å²) in [5, 5.41) is 7.74. The lowest BCUT2D eigenvalue weighted by atomic mass is 9.93. The lowest BCUT2D eigenvalue weighted by molar-refractivity contribution is 0.579. The van der Waals surface area contributed by atoms with Crippen LogP contribution in [0.25, 0.3) is 11.3 Å². The Bertz CT molecular complexity index is 688. The Hall–Kier alpha value is -1.69. The molecule has 0 aliphatic heterocycles. The summed E-state index contributed by atoms with van der Waals surface area (Å²) >= 11 is 0. The van der Waals surface area contributed by atoms with Crippen molar-refractivity contribution < 1.29 is 8.42 Å². The maximum Gasteiger partial charge on any atom is 0.252 e. The van der Waals surface area contributed by atoms with Gasteiger partial charge in [-0.1, -0.05) is 29.5 Å². The Balaban J connectivity index is 2.27. The van der Waals surface area contributed by atoms with E-state index < -0.39 is 10.0 Å². The summed E-state index contributed by atoms with van der Waals surface area (Å²) in [5.41, 5.74) is 3.56. The first-order valence-electron chi connectivity index (χ1n) is 5.31. The van der Waals surface area contributed by atoms with E-state index in [9.17, 15) is 8.42 Å². The van der Waals surface area contributed by atoms with Crippen LogP contribution >= 0.6 is 0 Å². The monoisotopic (exact) mass is 249 g/mol. The fourth-order valence-corrected chi connectivity index (χ4v) is 2.95. The molecule has 1 aromatic heterocycles. The number of aryl methyl sites for hydroxylation is 1. The van der Waals surface area contributed by atoms with Crippen molar-refractivity contribution in [3.8, 4) is 11.3 Å². The van der Waals surface area contributed by atoms with Crippen LogP contribution in [-0.4, -0.2) is 29.1 Å². The SMILES string of the molecule is CS(=O)(=O)n1nnc2c1CCc1ccccc1-2. The summed E-state index contributed by atoms with van der Waals surface area (Å²) in [5.74, 6) is 0. The van der Waals surface area contributed by atoms with Crippen molar-refractivity contribution >= 4 is 10.0 Å². The number of fused-ring (bicyclic) bond motifs is 3. The first-order valence-corrected chi connectivity index (χ1v) is 7.15. The van der Waals surface area contributed by atoms with Gasteiger partial charge >= 0.3 is 0 Å². The van der Waals surface area contributed by atoms with Crippen LogP contribution in [0.15, 0.2) is 24.3 Å². The van der Waals surface area contributed by atoms with Gasteiger partial charge in [0.15, 0.2) is 0 Å². The molecule has 0 atom stereocenters. The van der Waals surface area contributed by atoms with Crippen molar-refractivity contribution in [1.29, 1.82) is 0 Å². The second-order valence-electron chi connectivity index (χ2n) is 4.15. The third-order valence-electron chi connectivity index (χ3n) is 2.95.